The van der Waals surface area contributed by atoms with Crippen molar-refractivity contribution in [1.29, 1.82) is 0 Å². The van der Waals surface area contributed by atoms with Crippen molar-refractivity contribution in [1.82, 2.24) is 4.57 Å². The van der Waals surface area contributed by atoms with Crippen LogP contribution in [0.15, 0.2) is 23.3 Å². The molecule has 0 aliphatic carbocycles. The lowest BCUT2D eigenvalue weighted by atomic mass is 10.1. The number of hydrogen-bond donors (Lipinski definition) is 1. The van der Waals surface area contributed by atoms with Crippen LogP contribution in [-0.4, -0.2) is 15.2 Å². The molecule has 6 heteroatoms. The number of nitrogens with zero attached hydrogens (tertiary/aromatic N) is 2. The van der Waals surface area contributed by atoms with Crippen molar-refractivity contribution in [2.24, 2.45) is 5.92 Å². The molecular weight excluding hydrogens is 240 g/mol. The quantitative estimate of drug-likeness (QED) is 0.481. The lowest BCUT2D eigenvalue weighted by Crippen LogP contribution is -2.16. The van der Waals surface area contributed by atoms with Gasteiger partial charge in [0, 0.05) is 18.8 Å². The molecule has 0 saturated heterocycles. The molecule has 5 nitrogen and oxygen atoms in total. The zero-order valence-corrected chi connectivity index (χ0v) is 10.6. The van der Waals surface area contributed by atoms with Crippen LogP contribution in [0.3, 0.4) is 0 Å². The Morgan fingerprint density at radius 1 is 1.59 bits per heavy atom. The Hall–Kier alpha value is -1.30. The summed E-state index contributed by atoms with van der Waals surface area (Å²) in [7, 11) is 0. The van der Waals surface area contributed by atoms with Gasteiger partial charge in [-0.1, -0.05) is 13.3 Å². The van der Waals surface area contributed by atoms with Crippen LogP contribution in [0.1, 0.15) is 19.8 Å². The summed E-state index contributed by atoms with van der Waals surface area (Å²) in [6.07, 6.45) is 4.95. The van der Waals surface area contributed by atoms with Crippen molar-refractivity contribution in [3.05, 3.63) is 38.8 Å². The molecule has 0 radical (unpaired) electrons. The molecule has 0 saturated carbocycles. The maximum atomic E-state index is 11.2. The van der Waals surface area contributed by atoms with Crippen LogP contribution in [0.4, 0.5) is 5.69 Å². The van der Waals surface area contributed by atoms with Gasteiger partial charge in [-0.25, -0.2) is 0 Å². The third-order valence-corrected chi connectivity index (χ3v) is 3.10. The Kier molecular flexibility index (Phi) is 5.21. The van der Waals surface area contributed by atoms with E-state index in [1.54, 1.807) is 10.8 Å². The minimum atomic E-state index is -0.644. The molecule has 0 aliphatic heterocycles. The Morgan fingerprint density at radius 2 is 2.29 bits per heavy atom. The van der Waals surface area contributed by atoms with E-state index in [4.69, 9.17) is 0 Å². The lowest BCUT2D eigenvalue weighted by Gasteiger charge is -2.15. The predicted molar refractivity (Wildman–Crippen MR) is 69.6 cm³/mol. The standard InChI is InChI=1S/C11H16N2O3S/c1-2-3-9(8-17)6-12-5-4-11(14)10(7-12)13(15)16/h4-5,7,9,17H,2-3,6,8H2,1H3. The monoisotopic (exact) mass is 256 g/mol. The normalized spacial score (nSPS) is 12.4. The first kappa shape index (κ1) is 13.8. The Balaban J connectivity index is 2.88. The molecule has 1 rings (SSSR count). The van der Waals surface area contributed by atoms with Gasteiger partial charge < -0.3 is 4.57 Å². The number of nitro groups is 1. The van der Waals surface area contributed by atoms with Gasteiger partial charge in [0.25, 0.3) is 5.43 Å². The molecule has 0 bridgehead atoms. The fourth-order valence-electron chi connectivity index (χ4n) is 1.71. The highest BCUT2D eigenvalue weighted by atomic mass is 32.1. The first-order valence-corrected chi connectivity index (χ1v) is 6.17. The topological polar surface area (TPSA) is 65.1 Å². The number of rotatable bonds is 6. The summed E-state index contributed by atoms with van der Waals surface area (Å²) in [6.45, 7) is 2.74. The van der Waals surface area contributed by atoms with E-state index in [1.165, 1.54) is 12.3 Å². The molecule has 0 amide bonds. The molecule has 0 spiro atoms. The molecule has 1 aromatic heterocycles. The second kappa shape index (κ2) is 6.44. The van der Waals surface area contributed by atoms with E-state index in [0.717, 1.165) is 18.6 Å². The van der Waals surface area contributed by atoms with Crippen LogP contribution in [-0.2, 0) is 6.54 Å². The van der Waals surface area contributed by atoms with E-state index in [9.17, 15) is 14.9 Å². The van der Waals surface area contributed by atoms with E-state index >= 15 is 0 Å². The molecule has 0 aromatic carbocycles. The van der Waals surface area contributed by atoms with Gasteiger partial charge in [-0.3, -0.25) is 14.9 Å². The maximum Gasteiger partial charge on any atom is 0.332 e. The molecule has 94 valence electrons. The highest BCUT2D eigenvalue weighted by molar-refractivity contribution is 7.80. The molecule has 1 heterocycles. The van der Waals surface area contributed by atoms with Crippen LogP contribution in [0.25, 0.3) is 0 Å². The van der Waals surface area contributed by atoms with Crippen LogP contribution in [0.2, 0.25) is 0 Å². The van der Waals surface area contributed by atoms with Crippen LogP contribution < -0.4 is 5.43 Å². The van der Waals surface area contributed by atoms with Crippen molar-refractivity contribution in [3.63, 3.8) is 0 Å². The molecule has 1 aromatic rings. The SMILES string of the molecule is CCCC(CS)Cn1ccc(=O)c([N+](=O)[O-])c1. The second-order valence-corrected chi connectivity index (χ2v) is 4.35. The van der Waals surface area contributed by atoms with Gasteiger partial charge in [-0.05, 0) is 18.1 Å². The molecule has 0 aliphatic rings. The molecule has 1 unspecified atom stereocenters. The van der Waals surface area contributed by atoms with Gasteiger partial charge in [-0.15, -0.1) is 0 Å². The largest absolute Gasteiger partial charge is 0.348 e. The Morgan fingerprint density at radius 3 is 2.82 bits per heavy atom. The number of pyridine rings is 1. The van der Waals surface area contributed by atoms with Crippen molar-refractivity contribution in [3.8, 4) is 0 Å². The van der Waals surface area contributed by atoms with Gasteiger partial charge in [0.2, 0.25) is 0 Å². The number of hydrogen-bond acceptors (Lipinski definition) is 4. The predicted octanol–water partition coefficient (Wildman–Crippen LogP) is 2.10. The molecule has 1 atom stereocenters. The van der Waals surface area contributed by atoms with E-state index < -0.39 is 10.4 Å². The Bertz CT molecular complexity index is 445. The third-order valence-electron chi connectivity index (χ3n) is 2.58. The second-order valence-electron chi connectivity index (χ2n) is 3.99. The van der Waals surface area contributed by atoms with Crippen molar-refractivity contribution in [2.45, 2.75) is 26.3 Å². The fourth-order valence-corrected chi connectivity index (χ4v) is 2.01. The fraction of sp³-hybridized carbons (Fsp3) is 0.545. The molecule has 0 N–H and O–H groups in total. The van der Waals surface area contributed by atoms with Crippen LogP contribution in [0, 0.1) is 16.0 Å². The smallest absolute Gasteiger partial charge is 0.332 e. The van der Waals surface area contributed by atoms with E-state index in [1.807, 2.05) is 0 Å². The summed E-state index contributed by atoms with van der Waals surface area (Å²) >= 11 is 4.26. The van der Waals surface area contributed by atoms with E-state index in [0.29, 0.717) is 12.5 Å². The van der Waals surface area contributed by atoms with Crippen molar-refractivity contribution >= 4 is 18.3 Å². The third kappa shape index (κ3) is 3.89. The zero-order chi connectivity index (χ0) is 12.8. The summed E-state index contributed by atoms with van der Waals surface area (Å²) < 4.78 is 1.69. The number of aromatic nitrogens is 1. The summed E-state index contributed by atoms with van der Waals surface area (Å²) in [5.74, 6) is 1.10. The average Bonchev–Trinajstić information content (AvgIpc) is 2.30. The van der Waals surface area contributed by atoms with Gasteiger partial charge in [0.15, 0.2) is 0 Å². The minimum Gasteiger partial charge on any atom is -0.348 e. The summed E-state index contributed by atoms with van der Waals surface area (Å²) in [4.78, 5) is 21.2. The average molecular weight is 256 g/mol. The molecule has 17 heavy (non-hydrogen) atoms. The van der Waals surface area contributed by atoms with E-state index in [2.05, 4.69) is 19.6 Å². The van der Waals surface area contributed by atoms with Gasteiger partial charge >= 0.3 is 5.69 Å². The van der Waals surface area contributed by atoms with Crippen LogP contribution in [0.5, 0.6) is 0 Å². The highest BCUT2D eigenvalue weighted by Gasteiger charge is 2.13. The summed E-state index contributed by atoms with van der Waals surface area (Å²) in [5.41, 5.74) is -0.925. The Labute approximate surface area is 105 Å². The van der Waals surface area contributed by atoms with Gasteiger partial charge in [0.05, 0.1) is 11.1 Å². The zero-order valence-electron chi connectivity index (χ0n) is 9.70. The first-order valence-electron chi connectivity index (χ1n) is 5.53. The van der Waals surface area contributed by atoms with Crippen molar-refractivity contribution in [2.75, 3.05) is 5.75 Å². The summed E-state index contributed by atoms with van der Waals surface area (Å²) in [5, 5.41) is 10.6. The minimum absolute atomic E-state index is 0.366. The van der Waals surface area contributed by atoms with Crippen molar-refractivity contribution < 1.29 is 4.92 Å². The maximum absolute atomic E-state index is 11.2. The van der Waals surface area contributed by atoms with Gasteiger partial charge in [-0.2, -0.15) is 12.6 Å². The molecular formula is C11H16N2O3S. The first-order chi connectivity index (χ1) is 8.08. The van der Waals surface area contributed by atoms with Gasteiger partial charge in [0.1, 0.15) is 0 Å². The molecule has 0 fully saturated rings. The lowest BCUT2D eigenvalue weighted by molar-refractivity contribution is -0.386. The highest BCUT2D eigenvalue weighted by Crippen LogP contribution is 2.12. The van der Waals surface area contributed by atoms with E-state index in [-0.39, 0.29) is 5.69 Å². The van der Waals surface area contributed by atoms with Crippen LogP contribution >= 0.6 is 12.6 Å². The summed E-state index contributed by atoms with van der Waals surface area (Å²) in [6, 6.07) is 1.24. The number of thiol groups is 1.